The summed E-state index contributed by atoms with van der Waals surface area (Å²) in [4.78, 5) is 10.3. The second-order valence-electron chi connectivity index (χ2n) is 4.23. The first-order valence-corrected chi connectivity index (χ1v) is 6.77. The van der Waals surface area contributed by atoms with E-state index in [1.807, 2.05) is 6.07 Å². The Morgan fingerprint density at radius 2 is 2.00 bits per heavy atom. The van der Waals surface area contributed by atoms with E-state index in [1.165, 1.54) is 19.2 Å². The molecule has 21 heavy (non-hydrogen) atoms. The smallest absolute Gasteiger partial charge is 0.273 e. The molecule has 0 amide bonds. The highest BCUT2D eigenvalue weighted by Crippen LogP contribution is 2.30. The zero-order valence-corrected chi connectivity index (χ0v) is 12.6. The fourth-order valence-corrected chi connectivity index (χ4v) is 2.27. The molecule has 2 aromatic rings. The van der Waals surface area contributed by atoms with Crippen molar-refractivity contribution in [1.82, 2.24) is 0 Å². The monoisotopic (exact) mass is 326 g/mol. The molecule has 0 spiro atoms. The SMILES string of the molecule is COc1cc([N+](=O)[O-])ccc1NCc1ccc(Cl)cc1Cl. The molecule has 0 saturated carbocycles. The predicted octanol–water partition coefficient (Wildman–Crippen LogP) is 4.52. The van der Waals surface area contributed by atoms with Gasteiger partial charge in [0.05, 0.1) is 23.8 Å². The third-order valence-electron chi connectivity index (χ3n) is 2.88. The van der Waals surface area contributed by atoms with E-state index in [1.54, 1.807) is 18.2 Å². The number of nitrogens with zero attached hydrogens (tertiary/aromatic N) is 1. The van der Waals surface area contributed by atoms with Gasteiger partial charge in [0, 0.05) is 22.7 Å². The summed E-state index contributed by atoms with van der Waals surface area (Å²) in [6.45, 7) is 0.449. The maximum atomic E-state index is 10.7. The van der Waals surface area contributed by atoms with Crippen LogP contribution in [0.15, 0.2) is 36.4 Å². The average Bonchev–Trinajstić information content (AvgIpc) is 2.46. The number of nitrogens with one attached hydrogen (secondary N) is 1. The van der Waals surface area contributed by atoms with Crippen LogP contribution < -0.4 is 10.1 Å². The Bertz CT molecular complexity index is 677. The number of hydrogen-bond acceptors (Lipinski definition) is 4. The van der Waals surface area contributed by atoms with E-state index in [9.17, 15) is 10.1 Å². The van der Waals surface area contributed by atoms with Gasteiger partial charge in [0.2, 0.25) is 0 Å². The van der Waals surface area contributed by atoms with Crippen LogP contribution in [-0.2, 0) is 6.54 Å². The molecule has 2 aromatic carbocycles. The summed E-state index contributed by atoms with van der Waals surface area (Å²) in [5.74, 6) is 0.397. The lowest BCUT2D eigenvalue weighted by Gasteiger charge is -2.12. The largest absolute Gasteiger partial charge is 0.494 e. The van der Waals surface area contributed by atoms with Crippen LogP contribution in [0.3, 0.4) is 0 Å². The van der Waals surface area contributed by atoms with E-state index in [-0.39, 0.29) is 5.69 Å². The van der Waals surface area contributed by atoms with Gasteiger partial charge in [-0.05, 0) is 23.8 Å². The number of ether oxygens (including phenoxy) is 1. The second-order valence-corrected chi connectivity index (χ2v) is 5.07. The molecule has 0 bridgehead atoms. The summed E-state index contributed by atoms with van der Waals surface area (Å²) in [6, 6.07) is 9.60. The van der Waals surface area contributed by atoms with E-state index >= 15 is 0 Å². The Labute approximate surface area is 131 Å². The van der Waals surface area contributed by atoms with E-state index in [0.717, 1.165) is 5.56 Å². The van der Waals surface area contributed by atoms with Gasteiger partial charge in [0.25, 0.3) is 5.69 Å². The minimum absolute atomic E-state index is 0.0260. The van der Waals surface area contributed by atoms with Gasteiger partial charge in [-0.1, -0.05) is 29.3 Å². The van der Waals surface area contributed by atoms with E-state index < -0.39 is 4.92 Å². The molecule has 7 heteroatoms. The highest BCUT2D eigenvalue weighted by Gasteiger charge is 2.11. The molecule has 0 unspecified atom stereocenters. The lowest BCUT2D eigenvalue weighted by atomic mass is 10.2. The molecule has 1 N–H and O–H groups in total. The Balaban J connectivity index is 2.17. The molecule has 110 valence electrons. The summed E-state index contributed by atoms with van der Waals surface area (Å²) >= 11 is 11.9. The van der Waals surface area contributed by atoms with Crippen LogP contribution in [-0.4, -0.2) is 12.0 Å². The quantitative estimate of drug-likeness (QED) is 0.648. The van der Waals surface area contributed by atoms with E-state index in [2.05, 4.69) is 5.32 Å². The molecular weight excluding hydrogens is 315 g/mol. The fraction of sp³-hybridized carbons (Fsp3) is 0.143. The van der Waals surface area contributed by atoms with Crippen molar-refractivity contribution in [3.05, 3.63) is 62.1 Å². The number of nitro groups is 1. The average molecular weight is 327 g/mol. The van der Waals surface area contributed by atoms with Crippen LogP contribution in [0.1, 0.15) is 5.56 Å². The zero-order valence-electron chi connectivity index (χ0n) is 11.1. The van der Waals surface area contributed by atoms with Crippen molar-refractivity contribution in [3.63, 3.8) is 0 Å². The second kappa shape index (κ2) is 6.65. The lowest BCUT2D eigenvalue weighted by molar-refractivity contribution is -0.384. The van der Waals surface area contributed by atoms with Crippen LogP contribution in [0.4, 0.5) is 11.4 Å². The highest BCUT2D eigenvalue weighted by molar-refractivity contribution is 6.35. The molecule has 0 radical (unpaired) electrons. The van der Waals surface area contributed by atoms with Gasteiger partial charge >= 0.3 is 0 Å². The molecule has 0 aliphatic carbocycles. The fourth-order valence-electron chi connectivity index (χ4n) is 1.80. The topological polar surface area (TPSA) is 64.4 Å². The van der Waals surface area contributed by atoms with E-state index in [4.69, 9.17) is 27.9 Å². The van der Waals surface area contributed by atoms with Gasteiger partial charge in [-0.25, -0.2) is 0 Å². The maximum Gasteiger partial charge on any atom is 0.273 e. The number of methoxy groups -OCH3 is 1. The summed E-state index contributed by atoms with van der Waals surface area (Å²) < 4.78 is 5.15. The highest BCUT2D eigenvalue weighted by atomic mass is 35.5. The normalized spacial score (nSPS) is 10.2. The first kappa shape index (κ1) is 15.4. The minimum Gasteiger partial charge on any atom is -0.494 e. The summed E-state index contributed by atoms with van der Waals surface area (Å²) in [5, 5.41) is 15.0. The summed E-state index contributed by atoms with van der Waals surface area (Å²) in [7, 11) is 1.46. The molecule has 0 aliphatic heterocycles. The number of hydrogen-bond donors (Lipinski definition) is 1. The first-order chi connectivity index (χ1) is 10.0. The minimum atomic E-state index is -0.470. The van der Waals surface area contributed by atoms with Crippen LogP contribution in [0, 0.1) is 10.1 Å². The van der Waals surface area contributed by atoms with Crippen molar-refractivity contribution in [2.24, 2.45) is 0 Å². The third kappa shape index (κ3) is 3.77. The van der Waals surface area contributed by atoms with Crippen molar-refractivity contribution < 1.29 is 9.66 Å². The first-order valence-electron chi connectivity index (χ1n) is 6.01. The third-order valence-corrected chi connectivity index (χ3v) is 3.47. The van der Waals surface area contributed by atoms with Crippen LogP contribution in [0.25, 0.3) is 0 Å². The predicted molar refractivity (Wildman–Crippen MR) is 83.4 cm³/mol. The standard InChI is InChI=1S/C14H12Cl2N2O3/c1-21-14-7-11(18(19)20)4-5-13(14)17-8-9-2-3-10(15)6-12(9)16/h2-7,17H,8H2,1H3. The van der Waals surface area contributed by atoms with Crippen LogP contribution in [0.5, 0.6) is 5.75 Å². The molecule has 0 atom stereocenters. The zero-order chi connectivity index (χ0) is 15.4. The molecular formula is C14H12Cl2N2O3. The number of nitro benzene ring substituents is 1. The van der Waals surface area contributed by atoms with Crippen molar-refractivity contribution in [1.29, 1.82) is 0 Å². The number of anilines is 1. The van der Waals surface area contributed by atoms with Crippen LogP contribution in [0.2, 0.25) is 10.0 Å². The summed E-state index contributed by atoms with van der Waals surface area (Å²) in [6.07, 6.45) is 0. The lowest BCUT2D eigenvalue weighted by Crippen LogP contribution is -2.02. The molecule has 0 fully saturated rings. The van der Waals surface area contributed by atoms with Gasteiger partial charge in [-0.3, -0.25) is 10.1 Å². The Morgan fingerprint density at radius 1 is 1.24 bits per heavy atom. The van der Waals surface area contributed by atoms with Gasteiger partial charge in [-0.2, -0.15) is 0 Å². The summed E-state index contributed by atoms with van der Waals surface area (Å²) in [5.41, 5.74) is 1.48. The molecule has 5 nitrogen and oxygen atoms in total. The molecule has 0 heterocycles. The number of benzene rings is 2. The van der Waals surface area contributed by atoms with Crippen molar-refractivity contribution in [2.75, 3.05) is 12.4 Å². The number of non-ortho nitro benzene ring substituents is 1. The molecule has 0 aliphatic rings. The van der Waals surface area contributed by atoms with Gasteiger partial charge in [-0.15, -0.1) is 0 Å². The van der Waals surface area contributed by atoms with Crippen molar-refractivity contribution in [2.45, 2.75) is 6.54 Å². The Hall–Kier alpha value is -1.98. The van der Waals surface area contributed by atoms with Gasteiger partial charge in [0.1, 0.15) is 5.75 Å². The van der Waals surface area contributed by atoms with Crippen LogP contribution >= 0.6 is 23.2 Å². The maximum absolute atomic E-state index is 10.7. The Morgan fingerprint density at radius 3 is 2.62 bits per heavy atom. The molecule has 0 aromatic heterocycles. The molecule has 0 saturated heterocycles. The molecule has 2 rings (SSSR count). The van der Waals surface area contributed by atoms with Crippen molar-refractivity contribution in [3.8, 4) is 5.75 Å². The van der Waals surface area contributed by atoms with Gasteiger partial charge < -0.3 is 10.1 Å². The van der Waals surface area contributed by atoms with Crippen molar-refractivity contribution >= 4 is 34.6 Å². The number of halogens is 2. The van der Waals surface area contributed by atoms with E-state index in [0.29, 0.717) is 28.0 Å². The number of rotatable bonds is 5. The Kier molecular flexibility index (Phi) is 4.88. The van der Waals surface area contributed by atoms with Gasteiger partial charge in [0.15, 0.2) is 0 Å².